The van der Waals surface area contributed by atoms with Gasteiger partial charge in [0.05, 0.1) is 5.56 Å². The molecule has 0 amide bonds. The van der Waals surface area contributed by atoms with Gasteiger partial charge in [-0.1, -0.05) is 71.9 Å². The molecule has 29 heavy (non-hydrogen) atoms. The molecule has 0 aliphatic rings. The minimum absolute atomic E-state index is 0.774. The Labute approximate surface area is 175 Å². The van der Waals surface area contributed by atoms with Gasteiger partial charge in [0.1, 0.15) is 11.5 Å². The quantitative estimate of drug-likeness (QED) is 0.338. The maximum Gasteiger partial charge on any atom is 0.191 e. The first-order valence-corrected chi connectivity index (χ1v) is 10.7. The Balaban J connectivity index is 1.60. The summed E-state index contributed by atoms with van der Waals surface area (Å²) in [6.07, 6.45) is 0. The van der Waals surface area contributed by atoms with Crippen molar-refractivity contribution in [2.24, 2.45) is 0 Å². The van der Waals surface area contributed by atoms with Crippen molar-refractivity contribution in [2.45, 2.75) is 31.3 Å². The SMILES string of the molecule is CCn1c(SCc2ccc(C)cc2)nnc1-c1ccccc1Oc1ccccc1. The second-order valence-electron chi connectivity index (χ2n) is 6.74. The molecule has 0 spiro atoms. The topological polar surface area (TPSA) is 39.9 Å². The molecule has 0 aliphatic heterocycles. The second-order valence-corrected chi connectivity index (χ2v) is 7.68. The Morgan fingerprint density at radius 3 is 2.34 bits per heavy atom. The summed E-state index contributed by atoms with van der Waals surface area (Å²) in [5, 5.41) is 9.88. The minimum Gasteiger partial charge on any atom is -0.457 e. The zero-order valence-electron chi connectivity index (χ0n) is 16.6. The molecule has 5 heteroatoms. The Morgan fingerprint density at radius 1 is 0.862 bits per heavy atom. The van der Waals surface area contributed by atoms with Crippen molar-refractivity contribution >= 4 is 11.8 Å². The van der Waals surface area contributed by atoms with E-state index in [9.17, 15) is 0 Å². The van der Waals surface area contributed by atoms with Gasteiger partial charge in [-0.3, -0.25) is 0 Å². The van der Waals surface area contributed by atoms with E-state index in [0.717, 1.165) is 40.3 Å². The standard InChI is InChI=1S/C24H23N3OS/c1-3-27-23(25-26-24(27)29-17-19-15-13-18(2)14-16-19)21-11-7-8-12-22(21)28-20-9-5-4-6-10-20/h4-16H,3,17H2,1-2H3. The molecule has 0 saturated carbocycles. The largest absolute Gasteiger partial charge is 0.457 e. The molecule has 3 aromatic carbocycles. The van der Waals surface area contributed by atoms with Gasteiger partial charge in [-0.25, -0.2) is 0 Å². The molecule has 1 aromatic heterocycles. The van der Waals surface area contributed by atoms with Crippen molar-refractivity contribution in [1.29, 1.82) is 0 Å². The van der Waals surface area contributed by atoms with Gasteiger partial charge < -0.3 is 9.30 Å². The predicted molar refractivity (Wildman–Crippen MR) is 118 cm³/mol. The zero-order chi connectivity index (χ0) is 20.1. The van der Waals surface area contributed by atoms with Crippen LogP contribution in [-0.4, -0.2) is 14.8 Å². The molecule has 0 unspecified atom stereocenters. The Kier molecular flexibility index (Phi) is 5.96. The van der Waals surface area contributed by atoms with E-state index in [2.05, 4.69) is 52.9 Å². The van der Waals surface area contributed by atoms with Crippen LogP contribution in [0.15, 0.2) is 84.0 Å². The van der Waals surface area contributed by atoms with Crippen molar-refractivity contribution in [3.8, 4) is 22.9 Å². The van der Waals surface area contributed by atoms with E-state index in [1.165, 1.54) is 11.1 Å². The number of hydrogen-bond acceptors (Lipinski definition) is 4. The van der Waals surface area contributed by atoms with E-state index in [1.54, 1.807) is 11.8 Å². The van der Waals surface area contributed by atoms with Gasteiger partial charge >= 0.3 is 0 Å². The number of benzene rings is 3. The fraction of sp³-hybridized carbons (Fsp3) is 0.167. The van der Waals surface area contributed by atoms with Crippen LogP contribution in [0.3, 0.4) is 0 Å². The molecule has 146 valence electrons. The lowest BCUT2D eigenvalue weighted by Gasteiger charge is -2.12. The van der Waals surface area contributed by atoms with E-state index in [1.807, 2.05) is 54.6 Å². The van der Waals surface area contributed by atoms with Crippen LogP contribution >= 0.6 is 11.8 Å². The highest BCUT2D eigenvalue weighted by atomic mass is 32.2. The van der Waals surface area contributed by atoms with Gasteiger partial charge in [0.25, 0.3) is 0 Å². The van der Waals surface area contributed by atoms with Crippen LogP contribution in [0, 0.1) is 6.92 Å². The number of nitrogens with zero attached hydrogens (tertiary/aromatic N) is 3. The molecular weight excluding hydrogens is 378 g/mol. The second kappa shape index (κ2) is 8.97. The van der Waals surface area contributed by atoms with Gasteiger partial charge in [-0.15, -0.1) is 10.2 Å². The van der Waals surface area contributed by atoms with Gasteiger partial charge in [-0.2, -0.15) is 0 Å². The van der Waals surface area contributed by atoms with Gasteiger partial charge in [0, 0.05) is 12.3 Å². The number of rotatable bonds is 7. The molecule has 1 heterocycles. The average Bonchev–Trinajstić information content (AvgIpc) is 3.17. The van der Waals surface area contributed by atoms with Crippen LogP contribution in [0.2, 0.25) is 0 Å². The Bertz CT molecular complexity index is 1070. The summed E-state index contributed by atoms with van der Waals surface area (Å²) in [4.78, 5) is 0. The molecule has 0 atom stereocenters. The monoisotopic (exact) mass is 401 g/mol. The van der Waals surface area contributed by atoms with Gasteiger partial charge in [-0.05, 0) is 43.7 Å². The molecule has 0 N–H and O–H groups in total. The molecule has 0 saturated heterocycles. The Hall–Kier alpha value is -3.05. The normalized spacial score (nSPS) is 10.8. The fourth-order valence-corrected chi connectivity index (χ4v) is 4.03. The molecule has 4 aromatic rings. The third kappa shape index (κ3) is 4.51. The Morgan fingerprint density at radius 2 is 1.59 bits per heavy atom. The van der Waals surface area contributed by atoms with Gasteiger partial charge in [0.15, 0.2) is 11.0 Å². The highest BCUT2D eigenvalue weighted by Crippen LogP contribution is 2.34. The lowest BCUT2D eigenvalue weighted by atomic mass is 10.2. The molecule has 0 aliphatic carbocycles. The fourth-order valence-electron chi connectivity index (χ4n) is 3.07. The van der Waals surface area contributed by atoms with Crippen molar-refractivity contribution in [3.05, 3.63) is 90.0 Å². The predicted octanol–water partition coefficient (Wildman–Crippen LogP) is 6.36. The highest BCUT2D eigenvalue weighted by Gasteiger charge is 2.17. The summed E-state index contributed by atoms with van der Waals surface area (Å²) in [6.45, 7) is 5.01. The summed E-state index contributed by atoms with van der Waals surface area (Å²) in [5.41, 5.74) is 3.49. The maximum atomic E-state index is 6.13. The molecule has 4 rings (SSSR count). The number of aromatic nitrogens is 3. The summed E-state index contributed by atoms with van der Waals surface area (Å²) in [5.74, 6) is 3.26. The smallest absolute Gasteiger partial charge is 0.191 e. The summed E-state index contributed by atoms with van der Waals surface area (Å²) in [7, 11) is 0. The van der Waals surface area contributed by atoms with Crippen LogP contribution in [0.1, 0.15) is 18.1 Å². The zero-order valence-corrected chi connectivity index (χ0v) is 17.4. The highest BCUT2D eigenvalue weighted by molar-refractivity contribution is 7.98. The van der Waals surface area contributed by atoms with Crippen molar-refractivity contribution in [2.75, 3.05) is 0 Å². The van der Waals surface area contributed by atoms with E-state index in [-0.39, 0.29) is 0 Å². The molecule has 4 nitrogen and oxygen atoms in total. The number of para-hydroxylation sites is 2. The third-order valence-corrected chi connectivity index (χ3v) is 5.66. The van der Waals surface area contributed by atoms with Gasteiger partial charge in [0.2, 0.25) is 0 Å². The van der Waals surface area contributed by atoms with E-state index < -0.39 is 0 Å². The number of hydrogen-bond donors (Lipinski definition) is 0. The molecule has 0 radical (unpaired) electrons. The average molecular weight is 402 g/mol. The molecule has 0 bridgehead atoms. The minimum atomic E-state index is 0.774. The molecule has 0 fully saturated rings. The van der Waals surface area contributed by atoms with Crippen molar-refractivity contribution in [1.82, 2.24) is 14.8 Å². The lowest BCUT2D eigenvalue weighted by molar-refractivity contribution is 0.483. The van der Waals surface area contributed by atoms with Crippen molar-refractivity contribution < 1.29 is 4.74 Å². The van der Waals surface area contributed by atoms with Crippen LogP contribution in [0.25, 0.3) is 11.4 Å². The van der Waals surface area contributed by atoms with Crippen LogP contribution in [0.4, 0.5) is 0 Å². The van der Waals surface area contributed by atoms with E-state index in [0.29, 0.717) is 0 Å². The van der Waals surface area contributed by atoms with Crippen LogP contribution < -0.4 is 4.74 Å². The van der Waals surface area contributed by atoms with Crippen LogP contribution in [-0.2, 0) is 12.3 Å². The van der Waals surface area contributed by atoms with Crippen molar-refractivity contribution in [3.63, 3.8) is 0 Å². The maximum absolute atomic E-state index is 6.13. The third-order valence-electron chi connectivity index (χ3n) is 4.62. The summed E-state index contributed by atoms with van der Waals surface area (Å²) in [6, 6.07) is 26.4. The first-order chi connectivity index (χ1) is 14.2. The van der Waals surface area contributed by atoms with Crippen LogP contribution in [0.5, 0.6) is 11.5 Å². The summed E-state index contributed by atoms with van der Waals surface area (Å²) >= 11 is 1.70. The lowest BCUT2D eigenvalue weighted by Crippen LogP contribution is -2.01. The molecular formula is C24H23N3OS. The first-order valence-electron chi connectivity index (χ1n) is 9.68. The number of thioether (sulfide) groups is 1. The first kappa shape index (κ1) is 19.3. The summed E-state index contributed by atoms with van der Waals surface area (Å²) < 4.78 is 8.27. The number of aryl methyl sites for hydroxylation is 1. The van der Waals surface area contributed by atoms with E-state index >= 15 is 0 Å². The number of ether oxygens (including phenoxy) is 1. The van der Waals surface area contributed by atoms with E-state index in [4.69, 9.17) is 4.74 Å².